The van der Waals surface area contributed by atoms with Gasteiger partial charge in [-0.2, -0.15) is 0 Å². The number of aryl methyl sites for hydroxylation is 1. The van der Waals surface area contributed by atoms with Gasteiger partial charge in [0.05, 0.1) is 0 Å². The van der Waals surface area contributed by atoms with Gasteiger partial charge in [0.1, 0.15) is 4.99 Å². The van der Waals surface area contributed by atoms with Gasteiger partial charge in [0.2, 0.25) is 5.91 Å². The summed E-state index contributed by atoms with van der Waals surface area (Å²) in [5.74, 6) is 0.0385. The number of thiocarbonyl (C=S) groups is 1. The van der Waals surface area contributed by atoms with Gasteiger partial charge in [-0.1, -0.05) is 12.2 Å². The molecule has 4 nitrogen and oxygen atoms in total. The summed E-state index contributed by atoms with van der Waals surface area (Å²) < 4.78 is 2.05. The number of nitrogens with one attached hydrogen (secondary N) is 1. The monoisotopic (exact) mass is 261 g/mol. The van der Waals surface area contributed by atoms with Gasteiger partial charge in [0.15, 0.2) is 0 Å². The smallest absolute Gasteiger partial charge is 0.221 e. The number of nitrogens with zero attached hydrogens (tertiary/aromatic N) is 1. The number of benzene rings is 1. The number of hydrogen-bond donors (Lipinski definition) is 2. The minimum Gasteiger partial charge on any atom is -0.389 e. The molecule has 1 aromatic heterocycles. The molecule has 0 radical (unpaired) electrons. The van der Waals surface area contributed by atoms with E-state index in [2.05, 4.69) is 5.32 Å². The molecule has 0 saturated heterocycles. The van der Waals surface area contributed by atoms with Crippen LogP contribution < -0.4 is 11.1 Å². The maximum absolute atomic E-state index is 11.2. The van der Waals surface area contributed by atoms with Gasteiger partial charge in [-0.3, -0.25) is 4.79 Å². The van der Waals surface area contributed by atoms with Crippen LogP contribution in [0.15, 0.2) is 30.5 Å². The molecule has 0 saturated carbocycles. The Labute approximate surface area is 111 Å². The van der Waals surface area contributed by atoms with Gasteiger partial charge < -0.3 is 15.6 Å². The van der Waals surface area contributed by atoms with E-state index in [1.54, 1.807) is 7.05 Å². The Hall–Kier alpha value is -1.88. The summed E-state index contributed by atoms with van der Waals surface area (Å²) in [5.41, 5.74) is 7.54. The number of carbonyl (C=O) groups excluding carboxylic acids is 1. The van der Waals surface area contributed by atoms with Crippen molar-refractivity contribution in [2.45, 2.75) is 13.0 Å². The fraction of sp³-hybridized carbons (Fsp3) is 0.231. The number of nitrogens with two attached hydrogens (primary N) is 1. The van der Waals surface area contributed by atoms with Crippen molar-refractivity contribution in [3.05, 3.63) is 36.0 Å². The number of fused-ring (bicyclic) bond motifs is 1. The van der Waals surface area contributed by atoms with E-state index in [1.807, 2.05) is 35.0 Å². The molecule has 2 rings (SSSR count). The summed E-state index contributed by atoms with van der Waals surface area (Å²) in [4.78, 5) is 11.6. The second-order valence-electron chi connectivity index (χ2n) is 4.07. The molecule has 1 aromatic carbocycles. The summed E-state index contributed by atoms with van der Waals surface area (Å²) in [7, 11) is 1.64. The zero-order chi connectivity index (χ0) is 13.1. The van der Waals surface area contributed by atoms with Crippen molar-refractivity contribution in [2.24, 2.45) is 5.73 Å². The zero-order valence-electron chi connectivity index (χ0n) is 10.1. The van der Waals surface area contributed by atoms with Crippen LogP contribution >= 0.6 is 12.2 Å². The second-order valence-corrected chi connectivity index (χ2v) is 4.51. The summed E-state index contributed by atoms with van der Waals surface area (Å²) in [6, 6.07) is 7.85. The second kappa shape index (κ2) is 5.18. The highest BCUT2D eigenvalue weighted by atomic mass is 32.1. The molecule has 0 unspecified atom stereocenters. The summed E-state index contributed by atoms with van der Waals surface area (Å²) in [6.45, 7) is 0.662. The molecule has 5 heteroatoms. The summed E-state index contributed by atoms with van der Waals surface area (Å²) >= 11 is 4.95. The van der Waals surface area contributed by atoms with Crippen molar-refractivity contribution in [1.29, 1.82) is 0 Å². The largest absolute Gasteiger partial charge is 0.389 e. The van der Waals surface area contributed by atoms with Crippen molar-refractivity contribution in [3.63, 3.8) is 0 Å². The fourth-order valence-electron chi connectivity index (χ4n) is 1.90. The van der Waals surface area contributed by atoms with Crippen LogP contribution in [0.4, 0.5) is 0 Å². The van der Waals surface area contributed by atoms with Gasteiger partial charge in [-0.05, 0) is 24.3 Å². The summed E-state index contributed by atoms with van der Waals surface area (Å²) in [6.07, 6.45) is 2.44. The van der Waals surface area contributed by atoms with E-state index in [9.17, 15) is 4.79 Å². The molecule has 0 spiro atoms. The first kappa shape index (κ1) is 12.6. The summed E-state index contributed by atoms with van der Waals surface area (Å²) in [5, 5.41) is 3.69. The predicted octanol–water partition coefficient (Wildman–Crippen LogP) is 1.41. The molecule has 0 atom stereocenters. The molecule has 3 N–H and O–H groups in total. The van der Waals surface area contributed by atoms with E-state index in [0.29, 0.717) is 18.0 Å². The molecule has 0 fully saturated rings. The Morgan fingerprint density at radius 2 is 2.22 bits per heavy atom. The Bertz CT molecular complexity index is 603. The maximum Gasteiger partial charge on any atom is 0.221 e. The Morgan fingerprint density at radius 3 is 2.89 bits per heavy atom. The topological polar surface area (TPSA) is 60.0 Å². The highest BCUT2D eigenvalue weighted by Crippen LogP contribution is 2.18. The molecule has 1 amide bonds. The molecule has 0 aliphatic heterocycles. The lowest BCUT2D eigenvalue weighted by Gasteiger charge is -2.05. The van der Waals surface area contributed by atoms with Crippen LogP contribution in [0.1, 0.15) is 12.0 Å². The first-order valence-electron chi connectivity index (χ1n) is 5.71. The SMILES string of the molecule is CNC(=O)CCn1ccc2cc(C(N)=S)ccc21. The average molecular weight is 261 g/mol. The quantitative estimate of drug-likeness (QED) is 0.818. The van der Waals surface area contributed by atoms with Crippen LogP contribution in [0, 0.1) is 0 Å². The average Bonchev–Trinajstić information content (AvgIpc) is 2.78. The van der Waals surface area contributed by atoms with E-state index in [-0.39, 0.29) is 5.91 Å². The number of carbonyl (C=O) groups is 1. The van der Waals surface area contributed by atoms with E-state index in [0.717, 1.165) is 16.5 Å². The van der Waals surface area contributed by atoms with Crippen LogP contribution in [0.25, 0.3) is 10.9 Å². The van der Waals surface area contributed by atoms with Crippen molar-refractivity contribution >= 4 is 34.0 Å². The number of aromatic nitrogens is 1. The van der Waals surface area contributed by atoms with Gasteiger partial charge in [-0.15, -0.1) is 0 Å². The standard InChI is InChI=1S/C13H15N3OS/c1-15-12(17)5-7-16-6-4-9-8-10(13(14)18)2-3-11(9)16/h2-4,6,8H,5,7H2,1H3,(H2,14,18)(H,15,17). The van der Waals surface area contributed by atoms with Crippen molar-refractivity contribution < 1.29 is 4.79 Å². The third kappa shape index (κ3) is 2.51. The molecule has 0 bridgehead atoms. The van der Waals surface area contributed by atoms with Gasteiger partial charge in [-0.25, -0.2) is 0 Å². The Morgan fingerprint density at radius 1 is 1.44 bits per heavy atom. The Balaban J connectivity index is 2.26. The lowest BCUT2D eigenvalue weighted by atomic mass is 10.1. The van der Waals surface area contributed by atoms with Crippen LogP contribution in [-0.4, -0.2) is 22.5 Å². The predicted molar refractivity (Wildman–Crippen MR) is 76.5 cm³/mol. The van der Waals surface area contributed by atoms with Crippen LogP contribution in [0.3, 0.4) is 0 Å². The van der Waals surface area contributed by atoms with Gasteiger partial charge in [0, 0.05) is 42.7 Å². The highest BCUT2D eigenvalue weighted by Gasteiger charge is 2.05. The van der Waals surface area contributed by atoms with E-state index < -0.39 is 0 Å². The van der Waals surface area contributed by atoms with Crippen molar-refractivity contribution in [3.8, 4) is 0 Å². The lowest BCUT2D eigenvalue weighted by Crippen LogP contribution is -2.19. The van der Waals surface area contributed by atoms with Crippen LogP contribution in [0.5, 0.6) is 0 Å². The van der Waals surface area contributed by atoms with Crippen LogP contribution in [-0.2, 0) is 11.3 Å². The molecule has 2 aromatic rings. The molecule has 94 valence electrons. The number of hydrogen-bond acceptors (Lipinski definition) is 2. The highest BCUT2D eigenvalue weighted by molar-refractivity contribution is 7.80. The molecular formula is C13H15N3OS. The molecule has 1 heterocycles. The van der Waals surface area contributed by atoms with E-state index in [1.165, 1.54) is 0 Å². The minimum atomic E-state index is 0.0385. The van der Waals surface area contributed by atoms with Crippen LogP contribution in [0.2, 0.25) is 0 Å². The van der Waals surface area contributed by atoms with Gasteiger partial charge >= 0.3 is 0 Å². The van der Waals surface area contributed by atoms with Gasteiger partial charge in [0.25, 0.3) is 0 Å². The molecule has 0 aliphatic carbocycles. The lowest BCUT2D eigenvalue weighted by molar-refractivity contribution is -0.120. The number of rotatable bonds is 4. The normalized spacial score (nSPS) is 10.5. The zero-order valence-corrected chi connectivity index (χ0v) is 11.0. The van der Waals surface area contributed by atoms with E-state index >= 15 is 0 Å². The van der Waals surface area contributed by atoms with Crippen molar-refractivity contribution in [2.75, 3.05) is 7.05 Å². The number of amides is 1. The Kier molecular flexibility index (Phi) is 3.62. The molecular weight excluding hydrogens is 246 g/mol. The first-order chi connectivity index (χ1) is 8.61. The fourth-order valence-corrected chi connectivity index (χ4v) is 2.02. The molecule has 18 heavy (non-hydrogen) atoms. The third-order valence-electron chi connectivity index (χ3n) is 2.91. The first-order valence-corrected chi connectivity index (χ1v) is 6.12. The molecule has 0 aliphatic rings. The minimum absolute atomic E-state index is 0.0385. The third-order valence-corrected chi connectivity index (χ3v) is 3.15. The maximum atomic E-state index is 11.2. The van der Waals surface area contributed by atoms with Crippen molar-refractivity contribution in [1.82, 2.24) is 9.88 Å². The van der Waals surface area contributed by atoms with E-state index in [4.69, 9.17) is 18.0 Å².